The van der Waals surface area contributed by atoms with E-state index in [1.807, 2.05) is 31.2 Å². The zero-order chi connectivity index (χ0) is 14.8. The van der Waals surface area contributed by atoms with Crippen LogP contribution in [-0.2, 0) is 6.54 Å². The highest BCUT2D eigenvalue weighted by Crippen LogP contribution is 2.29. The predicted octanol–water partition coefficient (Wildman–Crippen LogP) is 4.30. The highest BCUT2D eigenvalue weighted by molar-refractivity contribution is 5.92. The van der Waals surface area contributed by atoms with Crippen LogP contribution in [0.2, 0.25) is 0 Å². The molecule has 0 saturated carbocycles. The van der Waals surface area contributed by atoms with Gasteiger partial charge in [-0.1, -0.05) is 32.0 Å². The van der Waals surface area contributed by atoms with Crippen LogP contribution in [0, 0.1) is 6.92 Å². The highest BCUT2D eigenvalue weighted by Gasteiger charge is 2.10. The summed E-state index contributed by atoms with van der Waals surface area (Å²) in [5.74, 6) is 1.82. The lowest BCUT2D eigenvalue weighted by molar-refractivity contribution is 0.473. The molecule has 0 saturated heterocycles. The summed E-state index contributed by atoms with van der Waals surface area (Å²) < 4.78 is 5.97. The van der Waals surface area contributed by atoms with Crippen molar-refractivity contribution in [1.29, 1.82) is 0 Å². The van der Waals surface area contributed by atoms with Gasteiger partial charge in [0.2, 0.25) is 0 Å². The molecule has 0 atom stereocenters. The van der Waals surface area contributed by atoms with Crippen LogP contribution in [0.3, 0.4) is 0 Å². The Morgan fingerprint density at radius 3 is 2.76 bits per heavy atom. The van der Waals surface area contributed by atoms with Crippen LogP contribution in [-0.4, -0.2) is 11.0 Å². The summed E-state index contributed by atoms with van der Waals surface area (Å²) in [5, 5.41) is 4.50. The number of fused-ring (bicyclic) bond motifs is 1. The largest absolute Gasteiger partial charge is 0.460 e. The van der Waals surface area contributed by atoms with Crippen LogP contribution < -0.4 is 5.32 Å². The number of pyridine rings is 1. The Hall–Kier alpha value is -2.13. The van der Waals surface area contributed by atoms with Gasteiger partial charge in [0.15, 0.2) is 0 Å². The summed E-state index contributed by atoms with van der Waals surface area (Å²) in [7, 11) is 0. The van der Waals surface area contributed by atoms with Crippen molar-refractivity contribution in [3.8, 4) is 11.3 Å². The van der Waals surface area contributed by atoms with Crippen molar-refractivity contribution >= 4 is 10.9 Å². The maximum Gasteiger partial charge on any atom is 0.136 e. The minimum absolute atomic E-state index is 0.445. The van der Waals surface area contributed by atoms with E-state index in [-0.39, 0.29) is 0 Å². The Kier molecular flexibility index (Phi) is 3.76. The SMILES string of the molecule is Cc1ccc2cccc(-c3ccc(CNC(C)C)o3)c2n1. The van der Waals surface area contributed by atoms with Crippen LogP contribution in [0.15, 0.2) is 46.9 Å². The number of nitrogens with zero attached hydrogens (tertiary/aromatic N) is 1. The van der Waals surface area contributed by atoms with Gasteiger partial charge in [-0.2, -0.15) is 0 Å². The second-order valence-corrected chi connectivity index (χ2v) is 5.63. The molecule has 0 fully saturated rings. The summed E-state index contributed by atoms with van der Waals surface area (Å²) >= 11 is 0. The van der Waals surface area contributed by atoms with E-state index in [1.165, 1.54) is 0 Å². The molecule has 1 N–H and O–H groups in total. The lowest BCUT2D eigenvalue weighted by Crippen LogP contribution is -2.21. The van der Waals surface area contributed by atoms with Crippen LogP contribution in [0.5, 0.6) is 0 Å². The first-order chi connectivity index (χ1) is 10.1. The van der Waals surface area contributed by atoms with Gasteiger partial charge < -0.3 is 9.73 Å². The fourth-order valence-corrected chi connectivity index (χ4v) is 2.37. The Bertz CT molecular complexity index is 759. The van der Waals surface area contributed by atoms with E-state index in [2.05, 4.69) is 42.3 Å². The number of rotatable bonds is 4. The van der Waals surface area contributed by atoms with Gasteiger partial charge in [-0.15, -0.1) is 0 Å². The first kappa shape index (κ1) is 13.8. The van der Waals surface area contributed by atoms with Gasteiger partial charge in [0.1, 0.15) is 11.5 Å². The summed E-state index contributed by atoms with van der Waals surface area (Å²) in [5.41, 5.74) is 3.06. The Balaban J connectivity index is 1.98. The van der Waals surface area contributed by atoms with Crippen LogP contribution in [0.4, 0.5) is 0 Å². The smallest absolute Gasteiger partial charge is 0.136 e. The Morgan fingerprint density at radius 2 is 1.95 bits per heavy atom. The normalized spacial score (nSPS) is 11.4. The molecule has 2 heterocycles. The molecule has 0 amide bonds. The second kappa shape index (κ2) is 5.70. The van der Waals surface area contributed by atoms with Crippen LogP contribution in [0.1, 0.15) is 25.3 Å². The van der Waals surface area contributed by atoms with Gasteiger partial charge in [0, 0.05) is 22.7 Å². The maximum absolute atomic E-state index is 5.97. The predicted molar refractivity (Wildman–Crippen MR) is 86.2 cm³/mol. The Labute approximate surface area is 125 Å². The standard InChI is InChI=1S/C18H20N2O/c1-12(2)19-11-15-9-10-17(21-15)16-6-4-5-14-8-7-13(3)20-18(14)16/h4-10,12,19H,11H2,1-3H3. The van der Waals surface area contributed by atoms with E-state index >= 15 is 0 Å². The van der Waals surface area contributed by atoms with Gasteiger partial charge in [0.05, 0.1) is 12.1 Å². The molecule has 3 nitrogen and oxygen atoms in total. The molecule has 3 aromatic rings. The molecule has 0 bridgehead atoms. The summed E-state index contributed by atoms with van der Waals surface area (Å²) in [4.78, 5) is 4.66. The molecular formula is C18H20N2O. The summed E-state index contributed by atoms with van der Waals surface area (Å²) in [6.07, 6.45) is 0. The summed E-state index contributed by atoms with van der Waals surface area (Å²) in [6.45, 7) is 7.01. The molecule has 0 aliphatic rings. The average Bonchev–Trinajstić information content (AvgIpc) is 2.93. The number of hydrogen-bond acceptors (Lipinski definition) is 3. The van der Waals surface area contributed by atoms with Gasteiger partial charge in [0.25, 0.3) is 0 Å². The molecule has 3 rings (SSSR count). The van der Waals surface area contributed by atoms with Gasteiger partial charge in [-0.3, -0.25) is 4.98 Å². The number of hydrogen-bond donors (Lipinski definition) is 1. The molecule has 21 heavy (non-hydrogen) atoms. The Morgan fingerprint density at radius 1 is 1.10 bits per heavy atom. The fraction of sp³-hybridized carbons (Fsp3) is 0.278. The van der Waals surface area contributed by atoms with E-state index in [9.17, 15) is 0 Å². The lowest BCUT2D eigenvalue weighted by Gasteiger charge is -2.06. The quantitative estimate of drug-likeness (QED) is 0.774. The molecule has 0 spiro atoms. The van der Waals surface area contributed by atoms with Gasteiger partial charge in [-0.05, 0) is 31.2 Å². The first-order valence-corrected chi connectivity index (χ1v) is 7.32. The zero-order valence-corrected chi connectivity index (χ0v) is 12.7. The third-order valence-corrected chi connectivity index (χ3v) is 3.47. The molecule has 2 aromatic heterocycles. The third kappa shape index (κ3) is 2.98. The van der Waals surface area contributed by atoms with Crippen molar-refractivity contribution < 1.29 is 4.42 Å². The molecule has 3 heteroatoms. The molecule has 1 aromatic carbocycles. The topological polar surface area (TPSA) is 38.1 Å². The van der Waals surface area contributed by atoms with Crippen molar-refractivity contribution in [2.75, 3.05) is 0 Å². The van der Waals surface area contributed by atoms with Crippen LogP contribution >= 0.6 is 0 Å². The number of aryl methyl sites for hydroxylation is 1. The number of benzene rings is 1. The van der Waals surface area contributed by atoms with Crippen molar-refractivity contribution in [3.05, 3.63) is 53.9 Å². The number of aromatic nitrogens is 1. The third-order valence-electron chi connectivity index (χ3n) is 3.47. The molecule has 0 aliphatic carbocycles. The highest BCUT2D eigenvalue weighted by atomic mass is 16.3. The van der Waals surface area contributed by atoms with Crippen molar-refractivity contribution in [3.63, 3.8) is 0 Å². The van der Waals surface area contributed by atoms with Gasteiger partial charge >= 0.3 is 0 Å². The molecule has 0 aliphatic heterocycles. The number of furan rings is 1. The lowest BCUT2D eigenvalue weighted by atomic mass is 10.1. The average molecular weight is 280 g/mol. The van der Waals surface area contributed by atoms with E-state index < -0.39 is 0 Å². The van der Waals surface area contributed by atoms with E-state index in [0.717, 1.165) is 40.2 Å². The number of nitrogens with one attached hydrogen (secondary N) is 1. The second-order valence-electron chi connectivity index (χ2n) is 5.63. The van der Waals surface area contributed by atoms with Crippen molar-refractivity contribution in [2.45, 2.75) is 33.4 Å². The van der Waals surface area contributed by atoms with Crippen molar-refractivity contribution in [2.24, 2.45) is 0 Å². The molecule has 0 radical (unpaired) electrons. The molecular weight excluding hydrogens is 260 g/mol. The molecule has 108 valence electrons. The van der Waals surface area contributed by atoms with E-state index in [0.29, 0.717) is 6.04 Å². The minimum Gasteiger partial charge on any atom is -0.460 e. The monoisotopic (exact) mass is 280 g/mol. The first-order valence-electron chi connectivity index (χ1n) is 7.32. The van der Waals surface area contributed by atoms with E-state index in [4.69, 9.17) is 4.42 Å². The zero-order valence-electron chi connectivity index (χ0n) is 12.7. The number of para-hydroxylation sites is 1. The minimum atomic E-state index is 0.445. The molecule has 0 unspecified atom stereocenters. The summed E-state index contributed by atoms with van der Waals surface area (Å²) in [6, 6.07) is 14.8. The van der Waals surface area contributed by atoms with Crippen LogP contribution in [0.25, 0.3) is 22.2 Å². The van der Waals surface area contributed by atoms with Crippen molar-refractivity contribution in [1.82, 2.24) is 10.3 Å². The van der Waals surface area contributed by atoms with E-state index in [1.54, 1.807) is 0 Å². The van der Waals surface area contributed by atoms with Gasteiger partial charge in [-0.25, -0.2) is 0 Å². The fourth-order valence-electron chi connectivity index (χ4n) is 2.37. The maximum atomic E-state index is 5.97.